The monoisotopic (exact) mass is 455 g/mol. The van der Waals surface area contributed by atoms with Crippen LogP contribution in [0.5, 0.6) is 0 Å². The van der Waals surface area contributed by atoms with Gasteiger partial charge in [0.25, 0.3) is 0 Å². The first-order valence-corrected chi connectivity index (χ1v) is 12.7. The maximum Gasteiger partial charge on any atom is 0.242 e. The average Bonchev–Trinajstić information content (AvgIpc) is 3.26. The smallest absolute Gasteiger partial charge is 0.242 e. The van der Waals surface area contributed by atoms with E-state index in [1.54, 1.807) is 23.2 Å². The summed E-state index contributed by atoms with van der Waals surface area (Å²) in [6, 6.07) is 6.03. The van der Waals surface area contributed by atoms with Crippen LogP contribution < -0.4 is 5.73 Å². The normalized spacial score (nSPS) is 24.0. The molecule has 1 aliphatic carbocycles. The first-order chi connectivity index (χ1) is 15.0. The summed E-state index contributed by atoms with van der Waals surface area (Å²) >= 11 is 1.69. The van der Waals surface area contributed by atoms with Crippen LogP contribution in [0.1, 0.15) is 82.4 Å². The Morgan fingerprint density at radius 1 is 1.22 bits per heavy atom. The molecule has 0 bridgehead atoms. The Kier molecular flexibility index (Phi) is 6.25. The number of carbonyl (C=O) groups excluding carboxylic acids is 1. The molecule has 5 nitrogen and oxygen atoms in total. The molecule has 174 valence electrons. The molecule has 1 saturated heterocycles. The van der Waals surface area contributed by atoms with E-state index in [0.29, 0.717) is 13.1 Å². The molecule has 1 aromatic carbocycles. The molecule has 2 aromatic rings. The number of rotatable bonds is 4. The second-order valence-corrected chi connectivity index (χ2v) is 11.9. The maximum atomic E-state index is 12.6. The van der Waals surface area contributed by atoms with Crippen LogP contribution in [0.25, 0.3) is 11.3 Å². The van der Waals surface area contributed by atoms with Gasteiger partial charge in [-0.25, -0.2) is 4.98 Å². The molecule has 1 aliphatic heterocycles. The van der Waals surface area contributed by atoms with E-state index in [4.69, 9.17) is 10.7 Å². The lowest BCUT2D eigenvalue weighted by Crippen LogP contribution is -2.51. The highest BCUT2D eigenvalue weighted by Crippen LogP contribution is 2.47. The highest BCUT2D eigenvalue weighted by Gasteiger charge is 2.37. The molecule has 1 unspecified atom stereocenters. The van der Waals surface area contributed by atoms with Gasteiger partial charge >= 0.3 is 0 Å². The molecule has 3 atom stereocenters. The van der Waals surface area contributed by atoms with E-state index in [2.05, 4.69) is 51.3 Å². The second-order valence-electron chi connectivity index (χ2n) is 11.0. The van der Waals surface area contributed by atoms with Crippen molar-refractivity contribution >= 4 is 17.2 Å². The summed E-state index contributed by atoms with van der Waals surface area (Å²) in [5.74, 6) is 0.0571. The number of aliphatic hydroxyl groups excluding tert-OH is 1. The number of aliphatic hydroxyl groups is 1. The minimum Gasteiger partial charge on any atom is -0.391 e. The van der Waals surface area contributed by atoms with Crippen LogP contribution in [0.2, 0.25) is 0 Å². The van der Waals surface area contributed by atoms with E-state index < -0.39 is 12.1 Å². The zero-order chi connectivity index (χ0) is 23.3. The zero-order valence-corrected chi connectivity index (χ0v) is 20.8. The lowest BCUT2D eigenvalue weighted by atomic mass is 9.63. The summed E-state index contributed by atoms with van der Waals surface area (Å²) in [5, 5.41) is 12.9. The third kappa shape index (κ3) is 4.37. The number of aromatic nitrogens is 1. The maximum absolute atomic E-state index is 12.6. The highest BCUT2D eigenvalue weighted by molar-refractivity contribution is 7.10. The van der Waals surface area contributed by atoms with Gasteiger partial charge in [0.2, 0.25) is 5.91 Å². The van der Waals surface area contributed by atoms with Crippen molar-refractivity contribution in [3.05, 3.63) is 39.7 Å². The number of nitrogens with zero attached hydrogens (tertiary/aromatic N) is 2. The molecule has 6 heteroatoms. The van der Waals surface area contributed by atoms with Crippen LogP contribution in [-0.4, -0.2) is 46.1 Å². The molecule has 1 amide bonds. The summed E-state index contributed by atoms with van der Waals surface area (Å²) in [4.78, 5) is 19.4. The standard InChI is InChI=1S/C26H37N3O2S/c1-16(30)22(27)24(31)29-12-6-7-18(14-29)23-28-21(15-32-23)17-8-9-19-20(13-17)26(4,5)11-10-25(19,2)3/h8-9,13,15-16,18,22,30H,6-7,10-12,14,27H2,1-5H3/t16-,18?,22+/m1/s1. The third-order valence-corrected chi connectivity index (χ3v) is 8.56. The lowest BCUT2D eigenvalue weighted by molar-refractivity contribution is -0.136. The summed E-state index contributed by atoms with van der Waals surface area (Å²) in [5.41, 5.74) is 11.4. The fourth-order valence-corrected chi connectivity index (χ4v) is 6.11. The van der Waals surface area contributed by atoms with Crippen molar-refractivity contribution in [2.45, 2.75) is 89.2 Å². The molecule has 2 aliphatic rings. The molecule has 4 rings (SSSR count). The third-order valence-electron chi connectivity index (χ3n) is 7.56. The summed E-state index contributed by atoms with van der Waals surface area (Å²) in [7, 11) is 0. The number of carbonyl (C=O) groups is 1. The Morgan fingerprint density at radius 2 is 1.91 bits per heavy atom. The number of nitrogens with two attached hydrogens (primary N) is 1. The molecule has 0 radical (unpaired) electrons. The number of hydrogen-bond donors (Lipinski definition) is 2. The SMILES string of the molecule is C[C@@H](O)[C@H](N)C(=O)N1CCCC(c2nc(-c3ccc4c(c3)C(C)(C)CCC4(C)C)cs2)C1. The molecule has 2 heterocycles. The largest absolute Gasteiger partial charge is 0.391 e. The first kappa shape index (κ1) is 23.4. The van der Waals surface area contributed by atoms with Gasteiger partial charge in [-0.1, -0.05) is 39.8 Å². The Balaban J connectivity index is 1.56. The number of hydrogen-bond acceptors (Lipinski definition) is 5. The van der Waals surface area contributed by atoms with E-state index in [1.807, 2.05) is 0 Å². The van der Waals surface area contributed by atoms with E-state index >= 15 is 0 Å². The molecule has 0 saturated carbocycles. The van der Waals surface area contributed by atoms with Crippen molar-refractivity contribution in [3.63, 3.8) is 0 Å². The van der Waals surface area contributed by atoms with Gasteiger partial charge in [0.1, 0.15) is 6.04 Å². The fraction of sp³-hybridized carbons (Fsp3) is 0.615. The van der Waals surface area contributed by atoms with Gasteiger partial charge in [0.15, 0.2) is 0 Å². The molecule has 32 heavy (non-hydrogen) atoms. The Morgan fingerprint density at radius 3 is 2.59 bits per heavy atom. The topological polar surface area (TPSA) is 79.5 Å². The number of amides is 1. The van der Waals surface area contributed by atoms with Crippen molar-refractivity contribution < 1.29 is 9.90 Å². The van der Waals surface area contributed by atoms with Crippen molar-refractivity contribution in [2.24, 2.45) is 5.73 Å². The van der Waals surface area contributed by atoms with Crippen LogP contribution in [0.3, 0.4) is 0 Å². The molecule has 1 aromatic heterocycles. The predicted molar refractivity (Wildman–Crippen MR) is 131 cm³/mol. The minimum absolute atomic E-state index is 0.166. The van der Waals surface area contributed by atoms with Gasteiger partial charge in [-0.2, -0.15) is 0 Å². The van der Waals surface area contributed by atoms with Crippen molar-refractivity contribution in [1.29, 1.82) is 0 Å². The van der Waals surface area contributed by atoms with Crippen LogP contribution in [-0.2, 0) is 15.6 Å². The molecule has 0 spiro atoms. The summed E-state index contributed by atoms with van der Waals surface area (Å²) in [6.07, 6.45) is 3.52. The van der Waals surface area contributed by atoms with Crippen molar-refractivity contribution in [3.8, 4) is 11.3 Å². The van der Waals surface area contributed by atoms with Gasteiger partial charge in [-0.3, -0.25) is 4.79 Å². The summed E-state index contributed by atoms with van der Waals surface area (Å²) < 4.78 is 0. The summed E-state index contributed by atoms with van der Waals surface area (Å²) in [6.45, 7) is 12.3. The van der Waals surface area contributed by atoms with Gasteiger partial charge in [0.05, 0.1) is 16.8 Å². The van der Waals surface area contributed by atoms with E-state index in [9.17, 15) is 9.90 Å². The van der Waals surface area contributed by atoms with Crippen LogP contribution >= 0.6 is 11.3 Å². The Labute approximate surface area is 196 Å². The van der Waals surface area contributed by atoms with Crippen LogP contribution in [0, 0.1) is 0 Å². The number of piperidine rings is 1. The van der Waals surface area contributed by atoms with Gasteiger partial charge in [-0.05, 0) is 60.6 Å². The molecule has 3 N–H and O–H groups in total. The number of thiazole rings is 1. The second kappa shape index (κ2) is 8.54. The molecular formula is C26H37N3O2S. The zero-order valence-electron chi connectivity index (χ0n) is 20.0. The van der Waals surface area contributed by atoms with Crippen molar-refractivity contribution in [1.82, 2.24) is 9.88 Å². The van der Waals surface area contributed by atoms with Gasteiger partial charge in [0, 0.05) is 30.0 Å². The van der Waals surface area contributed by atoms with E-state index in [-0.39, 0.29) is 22.7 Å². The van der Waals surface area contributed by atoms with Crippen LogP contribution in [0.15, 0.2) is 23.6 Å². The molecule has 1 fully saturated rings. The van der Waals surface area contributed by atoms with Gasteiger partial charge in [-0.15, -0.1) is 11.3 Å². The number of benzene rings is 1. The Hall–Kier alpha value is -1.76. The van der Waals surface area contributed by atoms with Crippen molar-refractivity contribution in [2.75, 3.05) is 13.1 Å². The van der Waals surface area contributed by atoms with Crippen LogP contribution in [0.4, 0.5) is 0 Å². The number of likely N-dealkylation sites (tertiary alicyclic amines) is 1. The quantitative estimate of drug-likeness (QED) is 0.708. The molecular weight excluding hydrogens is 418 g/mol. The van der Waals surface area contributed by atoms with E-state index in [0.717, 1.165) is 23.5 Å². The minimum atomic E-state index is -0.858. The number of fused-ring (bicyclic) bond motifs is 1. The highest BCUT2D eigenvalue weighted by atomic mass is 32.1. The van der Waals surface area contributed by atoms with Gasteiger partial charge < -0.3 is 15.7 Å². The Bertz CT molecular complexity index is 995. The predicted octanol–water partition coefficient (Wildman–Crippen LogP) is 4.57. The lowest BCUT2D eigenvalue weighted by Gasteiger charge is -2.42. The van der Waals surface area contributed by atoms with E-state index in [1.165, 1.54) is 29.5 Å². The first-order valence-electron chi connectivity index (χ1n) is 11.8. The average molecular weight is 456 g/mol. The fourth-order valence-electron chi connectivity index (χ4n) is 5.15.